The number of halogens is 2. The molecule has 2 aromatic carbocycles. The molecule has 0 fully saturated rings. The number of anilines is 1. The first-order valence-electron chi connectivity index (χ1n) is 10.0. The minimum Gasteiger partial charge on any atom is -0.355 e. The van der Waals surface area contributed by atoms with Gasteiger partial charge in [0, 0.05) is 23.7 Å². The second-order valence-electron chi connectivity index (χ2n) is 7.34. The number of hydrogen-bond acceptors (Lipinski definition) is 4. The van der Waals surface area contributed by atoms with Crippen LogP contribution in [-0.4, -0.2) is 50.5 Å². The first-order chi connectivity index (χ1) is 15.0. The zero-order valence-corrected chi connectivity index (χ0v) is 20.0. The molecule has 7 nitrogen and oxygen atoms in total. The number of amides is 2. The summed E-state index contributed by atoms with van der Waals surface area (Å²) in [6, 6.07) is 9.70. The Labute approximate surface area is 193 Å². The maximum atomic E-state index is 14.3. The Morgan fingerprint density at radius 2 is 1.81 bits per heavy atom. The molecule has 1 atom stereocenters. The van der Waals surface area contributed by atoms with Gasteiger partial charge in [0.2, 0.25) is 21.8 Å². The number of hydrogen-bond donors (Lipinski definition) is 1. The van der Waals surface area contributed by atoms with Crippen LogP contribution in [0.3, 0.4) is 0 Å². The molecule has 10 heteroatoms. The topological polar surface area (TPSA) is 86.8 Å². The van der Waals surface area contributed by atoms with Crippen LogP contribution in [0.2, 0.25) is 5.02 Å². The first-order valence-corrected chi connectivity index (χ1v) is 12.2. The minimum absolute atomic E-state index is 0.198. The molecule has 0 aliphatic carbocycles. The quantitative estimate of drug-likeness (QED) is 0.593. The highest BCUT2D eigenvalue weighted by molar-refractivity contribution is 7.92. The van der Waals surface area contributed by atoms with Crippen molar-refractivity contribution in [2.45, 2.75) is 33.4 Å². The van der Waals surface area contributed by atoms with E-state index in [1.165, 1.54) is 30.0 Å². The summed E-state index contributed by atoms with van der Waals surface area (Å²) < 4.78 is 40.3. The summed E-state index contributed by atoms with van der Waals surface area (Å²) in [6.45, 7) is 4.48. The lowest BCUT2D eigenvalue weighted by Gasteiger charge is -2.32. The second-order valence-corrected chi connectivity index (χ2v) is 9.65. The Bertz CT molecular complexity index is 1090. The molecule has 2 rings (SSSR count). The second kappa shape index (κ2) is 10.8. The molecule has 174 valence electrons. The molecular formula is C22H27ClFN3O4S. The number of carbonyl (C=O) groups is 2. The summed E-state index contributed by atoms with van der Waals surface area (Å²) >= 11 is 6.15. The fourth-order valence-corrected chi connectivity index (χ4v) is 4.25. The Morgan fingerprint density at radius 3 is 2.41 bits per heavy atom. The molecule has 0 unspecified atom stereocenters. The van der Waals surface area contributed by atoms with Crippen molar-refractivity contribution in [1.82, 2.24) is 10.2 Å². The fraction of sp³-hybridized carbons (Fsp3) is 0.364. The summed E-state index contributed by atoms with van der Waals surface area (Å²) in [6.07, 6.45) is 0.981. The lowest BCUT2D eigenvalue weighted by molar-refractivity contribution is -0.139. The van der Waals surface area contributed by atoms with E-state index in [1.807, 2.05) is 0 Å². The van der Waals surface area contributed by atoms with Gasteiger partial charge in [-0.05, 0) is 44.5 Å². The van der Waals surface area contributed by atoms with Gasteiger partial charge >= 0.3 is 0 Å². The summed E-state index contributed by atoms with van der Waals surface area (Å²) in [5, 5.41) is 2.99. The maximum absolute atomic E-state index is 14.3. The van der Waals surface area contributed by atoms with Gasteiger partial charge in [-0.1, -0.05) is 35.9 Å². The van der Waals surface area contributed by atoms with Gasteiger partial charge in [-0.2, -0.15) is 0 Å². The highest BCUT2D eigenvalue weighted by Crippen LogP contribution is 2.28. The van der Waals surface area contributed by atoms with Crippen molar-refractivity contribution in [3.8, 4) is 0 Å². The molecule has 0 saturated carbocycles. The molecule has 2 aromatic rings. The van der Waals surface area contributed by atoms with E-state index in [0.29, 0.717) is 17.1 Å². The minimum atomic E-state index is -3.87. The number of likely N-dealkylation sites (N-methyl/N-ethyl adjacent to an activating group) is 1. The third-order valence-electron chi connectivity index (χ3n) is 5.00. The monoisotopic (exact) mass is 483 g/mol. The Morgan fingerprint density at radius 1 is 1.16 bits per heavy atom. The summed E-state index contributed by atoms with van der Waals surface area (Å²) in [5.74, 6) is -1.61. The highest BCUT2D eigenvalue weighted by atomic mass is 35.5. The Hall–Kier alpha value is -2.65. The smallest absolute Gasteiger partial charge is 0.244 e. The summed E-state index contributed by atoms with van der Waals surface area (Å²) in [4.78, 5) is 27.0. The highest BCUT2D eigenvalue weighted by Gasteiger charge is 2.31. The molecule has 0 aliphatic rings. The molecule has 0 bridgehead atoms. The van der Waals surface area contributed by atoms with E-state index in [0.717, 1.165) is 10.6 Å². The molecule has 0 heterocycles. The largest absolute Gasteiger partial charge is 0.355 e. The predicted molar refractivity (Wildman–Crippen MR) is 123 cm³/mol. The van der Waals surface area contributed by atoms with Crippen LogP contribution < -0.4 is 9.62 Å². The van der Waals surface area contributed by atoms with E-state index in [9.17, 15) is 22.4 Å². The van der Waals surface area contributed by atoms with Crippen LogP contribution in [0.5, 0.6) is 0 Å². The van der Waals surface area contributed by atoms with Gasteiger partial charge in [-0.25, -0.2) is 12.8 Å². The molecule has 0 radical (unpaired) electrons. The fourth-order valence-electron chi connectivity index (χ4n) is 3.18. The van der Waals surface area contributed by atoms with E-state index in [2.05, 4.69) is 5.32 Å². The van der Waals surface area contributed by atoms with Crippen molar-refractivity contribution >= 4 is 39.1 Å². The van der Waals surface area contributed by atoms with Crippen molar-refractivity contribution in [3.63, 3.8) is 0 Å². The lowest BCUT2D eigenvalue weighted by atomic mass is 10.1. The van der Waals surface area contributed by atoms with Crippen LogP contribution in [0, 0.1) is 12.7 Å². The third-order valence-corrected chi connectivity index (χ3v) is 6.54. The standard InChI is InChI=1S/C22H27ClFN3O4S/c1-5-25-22(29)16(3)26(13-17-9-6-7-11-19(17)24)21(28)14-27(32(4,30)31)20-12-8-10-18(23)15(20)2/h6-12,16H,5,13-14H2,1-4H3,(H,25,29)/t16-/m1/s1. The van der Waals surface area contributed by atoms with Crippen molar-refractivity contribution in [2.24, 2.45) is 0 Å². The van der Waals surface area contributed by atoms with Gasteiger partial charge in [0.15, 0.2) is 0 Å². The molecule has 2 amide bonds. The number of nitrogens with one attached hydrogen (secondary N) is 1. The van der Waals surface area contributed by atoms with Gasteiger partial charge in [-0.3, -0.25) is 13.9 Å². The van der Waals surface area contributed by atoms with E-state index >= 15 is 0 Å². The van der Waals surface area contributed by atoms with Gasteiger partial charge in [0.25, 0.3) is 0 Å². The molecule has 32 heavy (non-hydrogen) atoms. The predicted octanol–water partition coefficient (Wildman–Crippen LogP) is 3.11. The summed E-state index contributed by atoms with van der Waals surface area (Å²) in [7, 11) is -3.87. The normalized spacial score (nSPS) is 12.2. The number of nitrogens with zero attached hydrogens (tertiary/aromatic N) is 2. The van der Waals surface area contributed by atoms with Crippen LogP contribution in [0.15, 0.2) is 42.5 Å². The van der Waals surface area contributed by atoms with Crippen molar-refractivity contribution < 1.29 is 22.4 Å². The average molecular weight is 484 g/mol. The number of rotatable bonds is 9. The van der Waals surface area contributed by atoms with Crippen LogP contribution in [0.25, 0.3) is 0 Å². The van der Waals surface area contributed by atoms with Crippen molar-refractivity contribution in [1.29, 1.82) is 0 Å². The van der Waals surface area contributed by atoms with E-state index in [-0.39, 0.29) is 17.8 Å². The molecular weight excluding hydrogens is 457 g/mol. The van der Waals surface area contributed by atoms with Crippen LogP contribution in [0.1, 0.15) is 25.0 Å². The van der Waals surface area contributed by atoms with Gasteiger partial charge in [-0.15, -0.1) is 0 Å². The average Bonchev–Trinajstić information content (AvgIpc) is 2.72. The number of sulfonamides is 1. The SMILES string of the molecule is CCNC(=O)[C@@H](C)N(Cc1ccccc1F)C(=O)CN(c1cccc(Cl)c1C)S(C)(=O)=O. The maximum Gasteiger partial charge on any atom is 0.244 e. The summed E-state index contributed by atoms with van der Waals surface area (Å²) in [5.41, 5.74) is 0.955. The van der Waals surface area contributed by atoms with Crippen molar-refractivity contribution in [3.05, 3.63) is 64.4 Å². The molecule has 1 N–H and O–H groups in total. The Kier molecular flexibility index (Phi) is 8.63. The third kappa shape index (κ3) is 6.20. The molecule has 0 aliphatic heterocycles. The van der Waals surface area contributed by atoms with Gasteiger partial charge < -0.3 is 10.2 Å². The van der Waals surface area contributed by atoms with E-state index < -0.39 is 40.2 Å². The zero-order chi connectivity index (χ0) is 24.1. The number of carbonyl (C=O) groups excluding carboxylic acids is 2. The van der Waals surface area contributed by atoms with Crippen LogP contribution >= 0.6 is 11.6 Å². The lowest BCUT2D eigenvalue weighted by Crippen LogP contribution is -2.51. The number of benzene rings is 2. The van der Waals surface area contributed by atoms with Gasteiger partial charge in [0.05, 0.1) is 11.9 Å². The van der Waals surface area contributed by atoms with Gasteiger partial charge in [0.1, 0.15) is 18.4 Å². The van der Waals surface area contributed by atoms with Crippen molar-refractivity contribution in [2.75, 3.05) is 23.7 Å². The molecule has 0 aromatic heterocycles. The van der Waals surface area contributed by atoms with Crippen LogP contribution in [-0.2, 0) is 26.2 Å². The first kappa shape index (κ1) is 25.6. The molecule has 0 saturated heterocycles. The van der Waals surface area contributed by atoms with Crippen LogP contribution in [0.4, 0.5) is 10.1 Å². The molecule has 0 spiro atoms. The van der Waals surface area contributed by atoms with E-state index in [4.69, 9.17) is 11.6 Å². The Balaban J connectivity index is 2.45. The van der Waals surface area contributed by atoms with E-state index in [1.54, 1.807) is 38.1 Å². The zero-order valence-electron chi connectivity index (χ0n) is 18.4.